The second kappa shape index (κ2) is 12.8. The van der Waals surface area contributed by atoms with Gasteiger partial charge in [0.25, 0.3) is 0 Å². The van der Waals surface area contributed by atoms with Crippen LogP contribution in [-0.2, 0) is 25.6 Å². The standard InChI is InChI=1S/C22H34N4O7/c1-11(2)17(23)20(30)26-18(12(3)4)21(31)24-15(9-13-5-7-14(28)8-6-13)19(29)25-16(10-27)22(32)33/h5-8,11-12,15-18,27-28H,9-10,23H2,1-4H3,(H,24,31)(H,25,29)(H,26,30)(H,32,33). The van der Waals surface area contributed by atoms with Crippen LogP contribution in [-0.4, -0.2) is 69.8 Å². The van der Waals surface area contributed by atoms with Crippen LogP contribution >= 0.6 is 0 Å². The van der Waals surface area contributed by atoms with Crippen LogP contribution in [0.5, 0.6) is 5.75 Å². The summed E-state index contributed by atoms with van der Waals surface area (Å²) in [4.78, 5) is 49.4. The van der Waals surface area contributed by atoms with E-state index >= 15 is 0 Å². The first-order valence-corrected chi connectivity index (χ1v) is 10.7. The number of benzene rings is 1. The van der Waals surface area contributed by atoms with Crippen LogP contribution < -0.4 is 21.7 Å². The summed E-state index contributed by atoms with van der Waals surface area (Å²) in [6.45, 7) is 6.14. The molecule has 0 aromatic heterocycles. The maximum absolute atomic E-state index is 13.0. The number of amides is 3. The fraction of sp³-hybridized carbons (Fsp3) is 0.545. The number of nitrogens with two attached hydrogens (primary N) is 1. The zero-order valence-corrected chi connectivity index (χ0v) is 19.2. The SMILES string of the molecule is CC(C)C(N)C(=O)NC(C(=O)NC(Cc1ccc(O)cc1)C(=O)NC(CO)C(=O)O)C(C)C. The summed E-state index contributed by atoms with van der Waals surface area (Å²) in [5.41, 5.74) is 6.44. The van der Waals surface area contributed by atoms with Crippen molar-refractivity contribution in [2.45, 2.75) is 58.3 Å². The van der Waals surface area contributed by atoms with Crippen LogP contribution in [0.1, 0.15) is 33.3 Å². The van der Waals surface area contributed by atoms with Gasteiger partial charge in [-0.2, -0.15) is 0 Å². The Morgan fingerprint density at radius 2 is 1.39 bits per heavy atom. The first-order valence-electron chi connectivity index (χ1n) is 10.7. The van der Waals surface area contributed by atoms with Gasteiger partial charge in [0.15, 0.2) is 0 Å². The number of phenolic OH excluding ortho intramolecular Hbond substituents is 1. The second-order valence-corrected chi connectivity index (χ2v) is 8.51. The predicted molar refractivity (Wildman–Crippen MR) is 120 cm³/mol. The Labute approximate surface area is 192 Å². The molecule has 0 aliphatic carbocycles. The topological polar surface area (TPSA) is 191 Å². The molecule has 0 aliphatic heterocycles. The third-order valence-corrected chi connectivity index (χ3v) is 5.07. The largest absolute Gasteiger partial charge is 0.508 e. The van der Waals surface area contributed by atoms with Gasteiger partial charge in [0, 0.05) is 6.42 Å². The Balaban J connectivity index is 3.10. The number of hydrogen-bond acceptors (Lipinski definition) is 7. The van der Waals surface area contributed by atoms with E-state index in [9.17, 15) is 29.4 Å². The summed E-state index contributed by atoms with van der Waals surface area (Å²) >= 11 is 0. The van der Waals surface area contributed by atoms with Crippen molar-refractivity contribution in [1.29, 1.82) is 0 Å². The van der Waals surface area contributed by atoms with Crippen LogP contribution in [0.4, 0.5) is 0 Å². The van der Waals surface area contributed by atoms with Gasteiger partial charge in [-0.15, -0.1) is 0 Å². The lowest BCUT2D eigenvalue weighted by atomic mass is 9.99. The van der Waals surface area contributed by atoms with E-state index in [2.05, 4.69) is 16.0 Å². The number of aliphatic hydroxyl groups excluding tert-OH is 1. The third-order valence-electron chi connectivity index (χ3n) is 5.07. The van der Waals surface area contributed by atoms with Crippen LogP contribution in [0.25, 0.3) is 0 Å². The molecule has 1 aromatic rings. The monoisotopic (exact) mass is 466 g/mol. The number of nitrogens with one attached hydrogen (secondary N) is 3. The molecule has 4 atom stereocenters. The van der Waals surface area contributed by atoms with Crippen molar-refractivity contribution in [2.24, 2.45) is 17.6 Å². The smallest absolute Gasteiger partial charge is 0.328 e. The van der Waals surface area contributed by atoms with Gasteiger partial charge in [-0.25, -0.2) is 4.79 Å². The van der Waals surface area contributed by atoms with Gasteiger partial charge in [0.05, 0.1) is 12.6 Å². The van der Waals surface area contributed by atoms with Gasteiger partial charge >= 0.3 is 5.97 Å². The fourth-order valence-electron chi connectivity index (χ4n) is 2.88. The van der Waals surface area contributed by atoms with E-state index in [1.165, 1.54) is 12.1 Å². The molecule has 11 nitrogen and oxygen atoms in total. The molecule has 0 saturated carbocycles. The first-order chi connectivity index (χ1) is 15.4. The molecule has 11 heteroatoms. The summed E-state index contributed by atoms with van der Waals surface area (Å²) in [6.07, 6.45) is -0.0279. The van der Waals surface area contributed by atoms with E-state index in [-0.39, 0.29) is 24.0 Å². The minimum Gasteiger partial charge on any atom is -0.508 e. The molecule has 0 bridgehead atoms. The van der Waals surface area contributed by atoms with Crippen molar-refractivity contribution in [3.05, 3.63) is 29.8 Å². The quantitative estimate of drug-likeness (QED) is 0.206. The minimum atomic E-state index is -1.55. The summed E-state index contributed by atoms with van der Waals surface area (Å²) in [5.74, 6) is -3.90. The first kappa shape index (κ1) is 27.9. The Kier molecular flexibility index (Phi) is 10.8. The normalized spacial score (nSPS) is 14.8. The molecule has 1 rings (SSSR count). The van der Waals surface area contributed by atoms with E-state index in [4.69, 9.17) is 10.8 Å². The number of hydrogen-bond donors (Lipinski definition) is 7. The number of aromatic hydroxyl groups is 1. The lowest BCUT2D eigenvalue weighted by Crippen LogP contribution is -2.59. The van der Waals surface area contributed by atoms with Gasteiger partial charge in [-0.05, 0) is 29.5 Å². The molecule has 0 saturated heterocycles. The van der Waals surface area contributed by atoms with Crippen molar-refractivity contribution in [3.63, 3.8) is 0 Å². The van der Waals surface area contributed by atoms with Crippen LogP contribution in [0, 0.1) is 11.8 Å². The van der Waals surface area contributed by atoms with Gasteiger partial charge in [-0.3, -0.25) is 14.4 Å². The molecular formula is C22H34N4O7. The molecular weight excluding hydrogens is 432 g/mol. The number of carboxylic acid groups (broad SMARTS) is 1. The molecule has 33 heavy (non-hydrogen) atoms. The van der Waals surface area contributed by atoms with E-state index < -0.39 is 54.5 Å². The number of carboxylic acids is 1. The highest BCUT2D eigenvalue weighted by molar-refractivity contribution is 5.94. The number of aliphatic carboxylic acids is 1. The molecule has 1 aromatic carbocycles. The van der Waals surface area contributed by atoms with E-state index in [1.807, 2.05) is 0 Å². The Morgan fingerprint density at radius 1 is 0.848 bits per heavy atom. The zero-order valence-electron chi connectivity index (χ0n) is 19.2. The molecule has 0 radical (unpaired) electrons. The van der Waals surface area contributed by atoms with E-state index in [0.29, 0.717) is 5.56 Å². The zero-order chi connectivity index (χ0) is 25.3. The summed E-state index contributed by atoms with van der Waals surface area (Å²) in [6, 6.07) is 1.32. The van der Waals surface area contributed by atoms with Gasteiger partial charge in [-0.1, -0.05) is 39.8 Å². The third kappa shape index (κ3) is 8.70. The maximum Gasteiger partial charge on any atom is 0.328 e. The lowest BCUT2D eigenvalue weighted by molar-refractivity contribution is -0.143. The molecule has 3 amide bonds. The highest BCUT2D eigenvalue weighted by atomic mass is 16.4. The van der Waals surface area contributed by atoms with Crippen LogP contribution in [0.15, 0.2) is 24.3 Å². The Morgan fingerprint density at radius 3 is 1.85 bits per heavy atom. The van der Waals surface area contributed by atoms with E-state index in [0.717, 1.165) is 0 Å². The van der Waals surface area contributed by atoms with Crippen LogP contribution in [0.2, 0.25) is 0 Å². The van der Waals surface area contributed by atoms with Gasteiger partial charge < -0.3 is 37.0 Å². The van der Waals surface area contributed by atoms with Crippen molar-refractivity contribution in [2.75, 3.05) is 6.61 Å². The number of carbonyl (C=O) groups is 4. The highest BCUT2D eigenvalue weighted by Crippen LogP contribution is 2.12. The van der Waals surface area contributed by atoms with Crippen molar-refractivity contribution < 1.29 is 34.5 Å². The average Bonchev–Trinajstić information content (AvgIpc) is 2.75. The molecule has 8 N–H and O–H groups in total. The summed E-state index contributed by atoms with van der Waals surface area (Å²) < 4.78 is 0. The lowest BCUT2D eigenvalue weighted by Gasteiger charge is -2.27. The maximum atomic E-state index is 13.0. The molecule has 0 aliphatic rings. The number of phenols is 1. The van der Waals surface area contributed by atoms with Crippen LogP contribution in [0.3, 0.4) is 0 Å². The fourth-order valence-corrected chi connectivity index (χ4v) is 2.88. The molecule has 0 fully saturated rings. The molecule has 0 heterocycles. The molecule has 4 unspecified atom stereocenters. The van der Waals surface area contributed by atoms with E-state index in [1.54, 1.807) is 39.8 Å². The van der Waals surface area contributed by atoms with Crippen molar-refractivity contribution >= 4 is 23.7 Å². The molecule has 0 spiro atoms. The van der Waals surface area contributed by atoms with Gasteiger partial charge in [0.1, 0.15) is 23.9 Å². The van der Waals surface area contributed by atoms with Gasteiger partial charge in [0.2, 0.25) is 17.7 Å². The molecule has 184 valence electrons. The predicted octanol–water partition coefficient (Wildman–Crippen LogP) is -0.895. The number of carbonyl (C=O) groups excluding carboxylic acids is 3. The highest BCUT2D eigenvalue weighted by Gasteiger charge is 2.32. The number of aliphatic hydroxyl groups is 1. The average molecular weight is 467 g/mol. The minimum absolute atomic E-state index is 0.0130. The summed E-state index contributed by atoms with van der Waals surface area (Å²) in [5, 5.41) is 35.1. The summed E-state index contributed by atoms with van der Waals surface area (Å²) in [7, 11) is 0. The second-order valence-electron chi connectivity index (χ2n) is 8.51. The van der Waals surface area contributed by atoms with Crippen molar-refractivity contribution in [1.82, 2.24) is 16.0 Å². The Bertz CT molecular complexity index is 827. The van der Waals surface area contributed by atoms with Crippen molar-refractivity contribution in [3.8, 4) is 5.75 Å². The number of rotatable bonds is 12. The Hall–Kier alpha value is -3.18.